The van der Waals surface area contributed by atoms with E-state index in [2.05, 4.69) is 10.0 Å². The Morgan fingerprint density at radius 1 is 1.18 bits per heavy atom. The van der Waals surface area contributed by atoms with Gasteiger partial charge in [-0.3, -0.25) is 4.79 Å². The lowest BCUT2D eigenvalue weighted by molar-refractivity contribution is -0.128. The number of rotatable bonds is 9. The number of carbonyl (C=O) groups excluding carboxylic acids is 1. The third-order valence-electron chi connectivity index (χ3n) is 5.20. The number of hydrogen-bond acceptors (Lipinski definition) is 5. The summed E-state index contributed by atoms with van der Waals surface area (Å²) in [4.78, 5) is 12.2. The van der Waals surface area contributed by atoms with Crippen LogP contribution in [0.25, 0.3) is 0 Å². The smallest absolute Gasteiger partial charge is 0.240 e. The van der Waals surface area contributed by atoms with Crippen LogP contribution in [0, 0.1) is 5.92 Å². The molecule has 3 N–H and O–H groups in total. The van der Waals surface area contributed by atoms with E-state index in [1.165, 1.54) is 24.3 Å². The van der Waals surface area contributed by atoms with Crippen molar-refractivity contribution in [2.45, 2.75) is 61.7 Å². The summed E-state index contributed by atoms with van der Waals surface area (Å²) in [6.07, 6.45) is 4.05. The highest BCUT2D eigenvalue weighted by molar-refractivity contribution is 7.89. The third-order valence-corrected chi connectivity index (χ3v) is 6.92. The molecule has 0 unspecified atom stereocenters. The molecule has 0 aromatic heterocycles. The van der Waals surface area contributed by atoms with Gasteiger partial charge in [-0.05, 0) is 62.3 Å². The predicted molar refractivity (Wildman–Crippen MR) is 106 cm³/mol. The minimum absolute atomic E-state index is 0.0173. The van der Waals surface area contributed by atoms with E-state index >= 15 is 0 Å². The van der Waals surface area contributed by atoms with Crippen LogP contribution in [0.3, 0.4) is 0 Å². The van der Waals surface area contributed by atoms with Gasteiger partial charge in [0, 0.05) is 18.0 Å². The molecule has 9 heteroatoms. The van der Waals surface area contributed by atoms with E-state index in [0.29, 0.717) is 36.6 Å². The SMILES string of the molecule is O=C(CC1CC1)N[C@H]1CC[C@@H](CCNS(=O)(=O)c2ccc(Cl)cc2)O[C@H]1CO. The minimum atomic E-state index is -3.60. The van der Waals surface area contributed by atoms with Crippen LogP contribution in [0.4, 0.5) is 0 Å². The molecule has 0 radical (unpaired) electrons. The van der Waals surface area contributed by atoms with Crippen molar-refractivity contribution >= 4 is 27.5 Å². The highest BCUT2D eigenvalue weighted by Gasteiger charge is 2.33. The monoisotopic (exact) mass is 430 g/mol. The molecule has 1 aliphatic carbocycles. The second kappa shape index (κ2) is 9.54. The van der Waals surface area contributed by atoms with Crippen molar-refractivity contribution in [1.29, 1.82) is 0 Å². The number of aliphatic hydroxyl groups excluding tert-OH is 1. The van der Waals surface area contributed by atoms with E-state index in [1.807, 2.05) is 0 Å². The second-order valence-electron chi connectivity index (χ2n) is 7.52. The lowest BCUT2D eigenvalue weighted by Gasteiger charge is -2.36. The number of halogens is 1. The summed E-state index contributed by atoms with van der Waals surface area (Å²) in [6, 6.07) is 5.78. The van der Waals surface area contributed by atoms with Gasteiger partial charge in [0.2, 0.25) is 15.9 Å². The van der Waals surface area contributed by atoms with Gasteiger partial charge in [0.25, 0.3) is 0 Å². The average molecular weight is 431 g/mol. The third kappa shape index (κ3) is 6.15. The maximum Gasteiger partial charge on any atom is 0.240 e. The lowest BCUT2D eigenvalue weighted by atomic mass is 9.97. The highest BCUT2D eigenvalue weighted by atomic mass is 35.5. The summed E-state index contributed by atoms with van der Waals surface area (Å²) in [5.41, 5.74) is 0. The van der Waals surface area contributed by atoms with E-state index in [4.69, 9.17) is 16.3 Å². The largest absolute Gasteiger partial charge is 0.394 e. The Morgan fingerprint density at radius 3 is 2.54 bits per heavy atom. The molecular formula is C19H27ClN2O5S. The molecule has 1 aromatic rings. The summed E-state index contributed by atoms with van der Waals surface area (Å²) in [6.45, 7) is 0.0495. The topological polar surface area (TPSA) is 105 Å². The van der Waals surface area contributed by atoms with Crippen LogP contribution in [0.1, 0.15) is 38.5 Å². The van der Waals surface area contributed by atoms with E-state index in [0.717, 1.165) is 12.8 Å². The summed E-state index contributed by atoms with van der Waals surface area (Å²) < 4.78 is 33.0. The fourth-order valence-electron chi connectivity index (χ4n) is 3.41. The molecule has 2 fully saturated rings. The number of nitrogens with one attached hydrogen (secondary N) is 2. The van der Waals surface area contributed by atoms with Crippen LogP contribution in [0.2, 0.25) is 5.02 Å². The Morgan fingerprint density at radius 2 is 1.89 bits per heavy atom. The average Bonchev–Trinajstić information content (AvgIpc) is 3.47. The van der Waals surface area contributed by atoms with Crippen molar-refractivity contribution in [3.8, 4) is 0 Å². The van der Waals surface area contributed by atoms with Gasteiger partial charge in [0.05, 0.1) is 23.6 Å². The maximum atomic E-state index is 12.3. The first-order valence-electron chi connectivity index (χ1n) is 9.68. The molecule has 1 amide bonds. The molecule has 1 saturated heterocycles. The zero-order valence-electron chi connectivity index (χ0n) is 15.6. The number of carbonyl (C=O) groups is 1. The van der Waals surface area contributed by atoms with Gasteiger partial charge < -0.3 is 15.2 Å². The maximum absolute atomic E-state index is 12.3. The van der Waals surface area contributed by atoms with Gasteiger partial charge in [-0.15, -0.1) is 0 Å². The zero-order chi connectivity index (χ0) is 20.1. The van der Waals surface area contributed by atoms with Gasteiger partial charge >= 0.3 is 0 Å². The van der Waals surface area contributed by atoms with E-state index in [1.54, 1.807) is 0 Å². The van der Waals surface area contributed by atoms with Gasteiger partial charge in [0.1, 0.15) is 6.10 Å². The number of amides is 1. The molecule has 156 valence electrons. The molecule has 0 bridgehead atoms. The Hall–Kier alpha value is -1.19. The van der Waals surface area contributed by atoms with E-state index in [-0.39, 0.29) is 36.1 Å². The molecule has 1 heterocycles. The van der Waals surface area contributed by atoms with Crippen LogP contribution in [0.5, 0.6) is 0 Å². The van der Waals surface area contributed by atoms with Crippen molar-refractivity contribution in [2.24, 2.45) is 5.92 Å². The molecule has 1 aromatic carbocycles. The Balaban J connectivity index is 1.44. The molecule has 2 aliphatic rings. The standard InChI is InChI=1S/C19H27ClN2O5S/c20-14-3-6-16(7-4-14)28(25,26)21-10-9-15-5-8-17(18(12-23)27-15)22-19(24)11-13-1-2-13/h3-4,6-7,13,15,17-18,21,23H,1-2,5,8-12H2,(H,22,24)/t15-,17-,18-/m0/s1. The first-order valence-corrected chi connectivity index (χ1v) is 11.5. The number of sulfonamides is 1. The first-order chi connectivity index (χ1) is 13.4. The van der Waals surface area contributed by atoms with Crippen molar-refractivity contribution in [3.05, 3.63) is 29.3 Å². The summed E-state index contributed by atoms with van der Waals surface area (Å²) in [7, 11) is -3.60. The number of hydrogen-bond donors (Lipinski definition) is 3. The highest BCUT2D eigenvalue weighted by Crippen LogP contribution is 2.32. The minimum Gasteiger partial charge on any atom is -0.394 e. The Bertz CT molecular complexity index is 767. The second-order valence-corrected chi connectivity index (χ2v) is 9.72. The molecule has 1 aliphatic heterocycles. The van der Waals surface area contributed by atoms with E-state index in [9.17, 15) is 18.3 Å². The van der Waals surface area contributed by atoms with Crippen molar-refractivity contribution in [1.82, 2.24) is 10.0 Å². The van der Waals surface area contributed by atoms with Gasteiger partial charge in [0.15, 0.2) is 0 Å². The summed E-state index contributed by atoms with van der Waals surface area (Å²) >= 11 is 5.79. The number of benzene rings is 1. The normalized spacial score (nSPS) is 25.4. The number of aliphatic hydroxyl groups is 1. The summed E-state index contributed by atoms with van der Waals surface area (Å²) in [5, 5.41) is 13.1. The number of ether oxygens (including phenoxy) is 1. The molecular weight excluding hydrogens is 404 g/mol. The predicted octanol–water partition coefficient (Wildman–Crippen LogP) is 1.83. The van der Waals surface area contributed by atoms with Crippen LogP contribution in [-0.2, 0) is 19.6 Å². The van der Waals surface area contributed by atoms with Crippen LogP contribution < -0.4 is 10.0 Å². The molecule has 3 atom stereocenters. The fourth-order valence-corrected chi connectivity index (χ4v) is 4.58. The van der Waals surface area contributed by atoms with Crippen LogP contribution in [0.15, 0.2) is 29.2 Å². The first kappa shape index (κ1) is 21.5. The van der Waals surface area contributed by atoms with Crippen molar-refractivity contribution < 1.29 is 23.1 Å². The Labute approximate surface area is 170 Å². The lowest BCUT2D eigenvalue weighted by Crippen LogP contribution is -2.51. The van der Waals surface area contributed by atoms with E-state index < -0.39 is 16.1 Å². The van der Waals surface area contributed by atoms with Gasteiger partial charge in [-0.2, -0.15) is 0 Å². The molecule has 28 heavy (non-hydrogen) atoms. The molecule has 3 rings (SSSR count). The van der Waals surface area contributed by atoms with Crippen molar-refractivity contribution in [2.75, 3.05) is 13.2 Å². The molecule has 0 spiro atoms. The zero-order valence-corrected chi connectivity index (χ0v) is 17.2. The van der Waals surface area contributed by atoms with Crippen LogP contribution >= 0.6 is 11.6 Å². The Kier molecular flexibility index (Phi) is 7.33. The quantitative estimate of drug-likeness (QED) is 0.554. The van der Waals surface area contributed by atoms with Gasteiger partial charge in [-0.1, -0.05) is 11.6 Å². The van der Waals surface area contributed by atoms with Gasteiger partial charge in [-0.25, -0.2) is 13.1 Å². The van der Waals surface area contributed by atoms with Crippen LogP contribution in [-0.4, -0.2) is 50.8 Å². The molecule has 7 nitrogen and oxygen atoms in total. The summed E-state index contributed by atoms with van der Waals surface area (Å²) in [5.74, 6) is 0.530. The van der Waals surface area contributed by atoms with Crippen molar-refractivity contribution in [3.63, 3.8) is 0 Å². The fraction of sp³-hybridized carbons (Fsp3) is 0.632. The molecule has 1 saturated carbocycles.